The highest BCUT2D eigenvalue weighted by molar-refractivity contribution is 5.96. The standard InChI is InChI=1S/C18H24N4O3/c1-11-5-7-13(8-6-11)20(2)16(23)12-9-14-15(19-10-12)21(3)18(25)22(4)17(14)24/h9-11,13H,5-8H2,1-4H3. The second-order valence-corrected chi connectivity index (χ2v) is 7.13. The summed E-state index contributed by atoms with van der Waals surface area (Å²) in [6.45, 7) is 2.24. The lowest BCUT2D eigenvalue weighted by Gasteiger charge is -2.33. The highest BCUT2D eigenvalue weighted by atomic mass is 16.2. The molecule has 1 fully saturated rings. The fraction of sp³-hybridized carbons (Fsp3) is 0.556. The molecule has 7 nitrogen and oxygen atoms in total. The number of aryl methyl sites for hydroxylation is 1. The van der Waals surface area contributed by atoms with Crippen molar-refractivity contribution in [3.8, 4) is 0 Å². The molecule has 1 amide bonds. The van der Waals surface area contributed by atoms with Gasteiger partial charge in [0.05, 0.1) is 10.9 Å². The van der Waals surface area contributed by atoms with Gasteiger partial charge in [-0.05, 0) is 37.7 Å². The highest BCUT2D eigenvalue weighted by Crippen LogP contribution is 2.27. The molecule has 2 aromatic heterocycles. The van der Waals surface area contributed by atoms with Gasteiger partial charge in [-0.3, -0.25) is 18.7 Å². The molecule has 1 aliphatic carbocycles. The van der Waals surface area contributed by atoms with Gasteiger partial charge in [0.25, 0.3) is 11.5 Å². The molecule has 1 aliphatic rings. The van der Waals surface area contributed by atoms with Crippen molar-refractivity contribution in [1.82, 2.24) is 19.0 Å². The van der Waals surface area contributed by atoms with Crippen LogP contribution in [0.2, 0.25) is 0 Å². The molecule has 0 N–H and O–H groups in total. The van der Waals surface area contributed by atoms with Crippen molar-refractivity contribution < 1.29 is 4.79 Å². The first-order valence-corrected chi connectivity index (χ1v) is 8.64. The number of carbonyl (C=O) groups excluding carboxylic acids is 1. The first-order chi connectivity index (χ1) is 11.8. The van der Waals surface area contributed by atoms with Crippen molar-refractivity contribution in [1.29, 1.82) is 0 Å². The summed E-state index contributed by atoms with van der Waals surface area (Å²) in [6.07, 6.45) is 5.70. The fourth-order valence-corrected chi connectivity index (χ4v) is 3.58. The summed E-state index contributed by atoms with van der Waals surface area (Å²) < 4.78 is 2.35. The number of hydrogen-bond donors (Lipinski definition) is 0. The number of nitrogens with zero attached hydrogens (tertiary/aromatic N) is 4. The van der Waals surface area contributed by atoms with E-state index in [2.05, 4.69) is 11.9 Å². The molecule has 0 atom stereocenters. The van der Waals surface area contributed by atoms with Crippen LogP contribution in [0.25, 0.3) is 11.0 Å². The average molecular weight is 344 g/mol. The minimum Gasteiger partial charge on any atom is -0.339 e. The van der Waals surface area contributed by atoms with Gasteiger partial charge in [0.1, 0.15) is 5.65 Å². The lowest BCUT2D eigenvalue weighted by atomic mass is 9.86. The van der Waals surface area contributed by atoms with Gasteiger partial charge >= 0.3 is 5.69 Å². The Balaban J connectivity index is 1.97. The Bertz CT molecular complexity index is 936. The molecule has 7 heteroatoms. The van der Waals surface area contributed by atoms with Gasteiger partial charge in [-0.25, -0.2) is 9.78 Å². The molecule has 2 aromatic rings. The first kappa shape index (κ1) is 17.4. The van der Waals surface area contributed by atoms with Gasteiger partial charge < -0.3 is 4.90 Å². The van der Waals surface area contributed by atoms with Gasteiger partial charge in [0.15, 0.2) is 0 Å². The van der Waals surface area contributed by atoms with Crippen molar-refractivity contribution in [3.05, 3.63) is 38.7 Å². The summed E-state index contributed by atoms with van der Waals surface area (Å²) in [5.41, 5.74) is -0.199. The lowest BCUT2D eigenvalue weighted by Crippen LogP contribution is -2.40. The summed E-state index contributed by atoms with van der Waals surface area (Å²) in [5.74, 6) is 0.580. The summed E-state index contributed by atoms with van der Waals surface area (Å²) in [6, 6.07) is 1.77. The number of pyridine rings is 1. The monoisotopic (exact) mass is 344 g/mol. The normalized spacial score (nSPS) is 20.6. The van der Waals surface area contributed by atoms with E-state index in [1.54, 1.807) is 18.0 Å². The molecule has 0 aliphatic heterocycles. The van der Waals surface area contributed by atoms with Crippen molar-refractivity contribution in [2.24, 2.45) is 20.0 Å². The first-order valence-electron chi connectivity index (χ1n) is 8.64. The van der Waals surface area contributed by atoms with Crippen LogP contribution in [0.4, 0.5) is 0 Å². The van der Waals surface area contributed by atoms with E-state index in [1.165, 1.54) is 17.8 Å². The van der Waals surface area contributed by atoms with E-state index in [9.17, 15) is 14.4 Å². The smallest absolute Gasteiger partial charge is 0.332 e. The Morgan fingerprint density at radius 2 is 1.80 bits per heavy atom. The predicted molar refractivity (Wildman–Crippen MR) is 95.7 cm³/mol. The quantitative estimate of drug-likeness (QED) is 0.822. The molecular formula is C18H24N4O3. The Hall–Kier alpha value is -2.44. The maximum Gasteiger partial charge on any atom is 0.332 e. The Morgan fingerprint density at radius 1 is 1.16 bits per heavy atom. The van der Waals surface area contributed by atoms with Crippen molar-refractivity contribution >= 4 is 16.9 Å². The molecule has 134 valence electrons. The van der Waals surface area contributed by atoms with Crippen LogP contribution >= 0.6 is 0 Å². The van der Waals surface area contributed by atoms with E-state index >= 15 is 0 Å². The summed E-state index contributed by atoms with van der Waals surface area (Å²) in [5, 5.41) is 0.279. The number of rotatable bonds is 2. The summed E-state index contributed by atoms with van der Waals surface area (Å²) in [4.78, 5) is 43.1. The van der Waals surface area contributed by atoms with Gasteiger partial charge in [0, 0.05) is 33.4 Å². The molecule has 0 aromatic carbocycles. The Labute approximate surface area is 145 Å². The van der Waals surface area contributed by atoms with Gasteiger partial charge in [-0.1, -0.05) is 6.92 Å². The van der Waals surface area contributed by atoms with E-state index in [0.29, 0.717) is 17.1 Å². The van der Waals surface area contributed by atoms with Gasteiger partial charge in [-0.2, -0.15) is 0 Å². The topological polar surface area (TPSA) is 77.2 Å². The molecule has 1 saturated carbocycles. The molecule has 2 heterocycles. The largest absolute Gasteiger partial charge is 0.339 e. The predicted octanol–water partition coefficient (Wildman–Crippen LogP) is 1.28. The molecule has 0 saturated heterocycles. The lowest BCUT2D eigenvalue weighted by molar-refractivity contribution is 0.0679. The highest BCUT2D eigenvalue weighted by Gasteiger charge is 2.26. The molecule has 0 bridgehead atoms. The molecule has 0 radical (unpaired) electrons. The average Bonchev–Trinajstić information content (AvgIpc) is 2.63. The zero-order chi connectivity index (χ0) is 18.3. The number of hydrogen-bond acceptors (Lipinski definition) is 4. The van der Waals surface area contributed by atoms with Crippen LogP contribution in [0.15, 0.2) is 21.9 Å². The van der Waals surface area contributed by atoms with E-state index in [-0.39, 0.29) is 17.3 Å². The van der Waals surface area contributed by atoms with E-state index in [4.69, 9.17) is 0 Å². The maximum atomic E-state index is 12.8. The second kappa shape index (κ2) is 6.46. The third-order valence-corrected chi connectivity index (χ3v) is 5.39. The van der Waals surface area contributed by atoms with Crippen LogP contribution in [0.5, 0.6) is 0 Å². The molecule has 0 spiro atoms. The van der Waals surface area contributed by atoms with E-state index < -0.39 is 11.2 Å². The molecule has 3 rings (SSSR count). The van der Waals surface area contributed by atoms with Crippen molar-refractivity contribution in [2.45, 2.75) is 38.6 Å². The Kier molecular flexibility index (Phi) is 4.49. The number of amides is 1. The molecule has 0 unspecified atom stereocenters. The van der Waals surface area contributed by atoms with Crippen LogP contribution in [-0.4, -0.2) is 38.0 Å². The van der Waals surface area contributed by atoms with E-state index in [1.807, 2.05) is 7.05 Å². The van der Waals surface area contributed by atoms with E-state index in [0.717, 1.165) is 30.3 Å². The van der Waals surface area contributed by atoms with Crippen molar-refractivity contribution in [3.63, 3.8) is 0 Å². The third kappa shape index (κ3) is 2.99. The van der Waals surface area contributed by atoms with Gasteiger partial charge in [-0.15, -0.1) is 0 Å². The SMILES string of the molecule is CC1CCC(N(C)C(=O)c2cnc3c(c2)c(=O)n(C)c(=O)n3C)CC1. The number of fused-ring (bicyclic) bond motifs is 1. The molecule has 25 heavy (non-hydrogen) atoms. The maximum absolute atomic E-state index is 12.8. The zero-order valence-electron chi connectivity index (χ0n) is 15.2. The minimum absolute atomic E-state index is 0.134. The summed E-state index contributed by atoms with van der Waals surface area (Å²) >= 11 is 0. The zero-order valence-corrected chi connectivity index (χ0v) is 15.2. The van der Waals surface area contributed by atoms with Crippen LogP contribution in [-0.2, 0) is 14.1 Å². The van der Waals surface area contributed by atoms with Crippen molar-refractivity contribution in [2.75, 3.05) is 7.05 Å². The second-order valence-electron chi connectivity index (χ2n) is 7.13. The summed E-state index contributed by atoms with van der Waals surface area (Å²) in [7, 11) is 4.80. The van der Waals surface area contributed by atoms with Crippen LogP contribution < -0.4 is 11.2 Å². The number of carbonyl (C=O) groups is 1. The fourth-order valence-electron chi connectivity index (χ4n) is 3.58. The third-order valence-electron chi connectivity index (χ3n) is 5.39. The molecular weight excluding hydrogens is 320 g/mol. The minimum atomic E-state index is -0.436. The number of aromatic nitrogens is 3. The van der Waals surface area contributed by atoms with Crippen LogP contribution in [0, 0.1) is 5.92 Å². The van der Waals surface area contributed by atoms with Gasteiger partial charge in [0.2, 0.25) is 0 Å². The van der Waals surface area contributed by atoms with Crippen LogP contribution in [0.1, 0.15) is 43.0 Å². The Morgan fingerprint density at radius 3 is 2.44 bits per heavy atom. The van der Waals surface area contributed by atoms with Crippen LogP contribution in [0.3, 0.4) is 0 Å².